The Morgan fingerprint density at radius 3 is 2.80 bits per heavy atom. The molecule has 1 aliphatic carbocycles. The Kier molecular flexibility index (Phi) is 3.46. The van der Waals surface area contributed by atoms with Crippen molar-refractivity contribution < 1.29 is 0 Å². The fourth-order valence-corrected chi connectivity index (χ4v) is 2.83. The summed E-state index contributed by atoms with van der Waals surface area (Å²) in [6.07, 6.45) is 2.97. The van der Waals surface area contributed by atoms with Gasteiger partial charge in [-0.2, -0.15) is 10.1 Å². The second kappa shape index (κ2) is 5.41. The second-order valence-corrected chi connectivity index (χ2v) is 5.52. The van der Waals surface area contributed by atoms with E-state index in [0.717, 1.165) is 24.8 Å². The number of benzene rings is 1. The maximum Gasteiger partial charge on any atom is 0.204 e. The topological polar surface area (TPSA) is 67.4 Å². The third-order valence-corrected chi connectivity index (χ3v) is 4.00. The van der Waals surface area contributed by atoms with Crippen molar-refractivity contribution in [2.45, 2.75) is 32.2 Å². The Hall–Kier alpha value is -2.22. The first-order valence-corrected chi connectivity index (χ1v) is 7.02. The van der Waals surface area contributed by atoms with Gasteiger partial charge >= 0.3 is 0 Å². The molecule has 2 aromatic rings. The smallest absolute Gasteiger partial charge is 0.198 e. The van der Waals surface area contributed by atoms with Gasteiger partial charge in [-0.05, 0) is 30.4 Å². The molecule has 0 saturated heterocycles. The molecule has 1 fully saturated rings. The van der Waals surface area contributed by atoms with E-state index >= 15 is 0 Å². The van der Waals surface area contributed by atoms with E-state index in [1.165, 1.54) is 0 Å². The van der Waals surface area contributed by atoms with Crippen LogP contribution in [0.1, 0.15) is 32.2 Å². The van der Waals surface area contributed by atoms with Gasteiger partial charge in [0.05, 0.1) is 18.0 Å². The third kappa shape index (κ3) is 2.42. The van der Waals surface area contributed by atoms with Crippen LogP contribution in [-0.4, -0.2) is 20.2 Å². The molecular formula is C15H17N5. The number of tetrazole rings is 1. The lowest BCUT2D eigenvalue weighted by Gasteiger charge is -2.29. The zero-order valence-corrected chi connectivity index (χ0v) is 11.5. The molecule has 1 aliphatic rings. The third-order valence-electron chi connectivity index (χ3n) is 4.00. The van der Waals surface area contributed by atoms with Crippen LogP contribution >= 0.6 is 0 Å². The Morgan fingerprint density at radius 2 is 2.05 bits per heavy atom. The van der Waals surface area contributed by atoms with Crippen molar-refractivity contribution in [3.05, 3.63) is 30.3 Å². The van der Waals surface area contributed by atoms with Crippen molar-refractivity contribution in [2.24, 2.45) is 11.8 Å². The average Bonchev–Trinajstić information content (AvgIpc) is 2.98. The zero-order valence-electron chi connectivity index (χ0n) is 11.5. The summed E-state index contributed by atoms with van der Waals surface area (Å²) in [5, 5.41) is 22.1. The van der Waals surface area contributed by atoms with Crippen molar-refractivity contribution in [1.82, 2.24) is 20.2 Å². The summed E-state index contributed by atoms with van der Waals surface area (Å²) >= 11 is 0. The molecule has 5 heteroatoms. The van der Waals surface area contributed by atoms with Crippen LogP contribution in [0.3, 0.4) is 0 Å². The molecule has 102 valence electrons. The van der Waals surface area contributed by atoms with E-state index in [2.05, 4.69) is 28.4 Å². The molecule has 0 aliphatic heterocycles. The highest BCUT2D eigenvalue weighted by Crippen LogP contribution is 2.36. The van der Waals surface area contributed by atoms with E-state index in [4.69, 9.17) is 0 Å². The van der Waals surface area contributed by atoms with Crippen LogP contribution in [0.15, 0.2) is 30.3 Å². The van der Waals surface area contributed by atoms with Gasteiger partial charge < -0.3 is 0 Å². The highest BCUT2D eigenvalue weighted by Gasteiger charge is 2.31. The fourth-order valence-electron chi connectivity index (χ4n) is 2.83. The predicted molar refractivity (Wildman–Crippen MR) is 74.4 cm³/mol. The predicted octanol–water partition coefficient (Wildman–Crippen LogP) is 2.84. The number of aromatic nitrogens is 4. The Bertz CT molecular complexity index is 613. The molecule has 3 unspecified atom stereocenters. The van der Waals surface area contributed by atoms with Crippen LogP contribution in [0.4, 0.5) is 0 Å². The van der Waals surface area contributed by atoms with Crippen molar-refractivity contribution >= 4 is 0 Å². The molecule has 0 bridgehead atoms. The monoisotopic (exact) mass is 267 g/mol. The molecule has 0 spiro atoms. The number of rotatable bonds is 2. The Balaban J connectivity index is 1.87. The molecule has 1 heterocycles. The quantitative estimate of drug-likeness (QED) is 0.839. The van der Waals surface area contributed by atoms with Gasteiger partial charge in [0.2, 0.25) is 5.82 Å². The first kappa shape index (κ1) is 12.8. The highest BCUT2D eigenvalue weighted by molar-refractivity contribution is 5.52. The summed E-state index contributed by atoms with van der Waals surface area (Å²) in [6, 6.07) is 12.2. The first-order valence-electron chi connectivity index (χ1n) is 7.02. The van der Waals surface area contributed by atoms with Gasteiger partial charge in [-0.3, -0.25) is 0 Å². The highest BCUT2D eigenvalue weighted by atomic mass is 15.6. The van der Waals surface area contributed by atoms with Crippen LogP contribution < -0.4 is 0 Å². The molecule has 1 aromatic heterocycles. The minimum absolute atomic E-state index is 0.0102. The molecule has 0 radical (unpaired) electrons. The minimum Gasteiger partial charge on any atom is -0.198 e. The molecular weight excluding hydrogens is 250 g/mol. The normalized spacial score (nSPS) is 26.1. The van der Waals surface area contributed by atoms with Crippen molar-refractivity contribution in [1.29, 1.82) is 5.26 Å². The minimum atomic E-state index is -0.0102. The summed E-state index contributed by atoms with van der Waals surface area (Å²) in [4.78, 5) is 1.64. The van der Waals surface area contributed by atoms with Gasteiger partial charge in [0, 0.05) is 5.56 Å². The summed E-state index contributed by atoms with van der Waals surface area (Å²) in [7, 11) is 0. The van der Waals surface area contributed by atoms with E-state index in [1.54, 1.807) is 4.80 Å². The average molecular weight is 267 g/mol. The second-order valence-electron chi connectivity index (χ2n) is 5.52. The summed E-state index contributed by atoms with van der Waals surface area (Å²) in [5.41, 5.74) is 0.955. The van der Waals surface area contributed by atoms with E-state index in [0.29, 0.717) is 11.7 Å². The van der Waals surface area contributed by atoms with Gasteiger partial charge in [0.15, 0.2) is 0 Å². The standard InChI is InChI=1S/C15H17N5/c1-11-7-8-13(10-16)14(9-11)20-18-15(17-19-20)12-5-3-2-4-6-12/h2-6,11,13-14H,7-9H2,1H3. The maximum atomic E-state index is 9.29. The van der Waals surface area contributed by atoms with E-state index in [-0.39, 0.29) is 12.0 Å². The van der Waals surface area contributed by atoms with Gasteiger partial charge in [-0.15, -0.1) is 10.2 Å². The van der Waals surface area contributed by atoms with Crippen LogP contribution in [0.5, 0.6) is 0 Å². The summed E-state index contributed by atoms with van der Waals surface area (Å²) < 4.78 is 0. The number of nitriles is 1. The van der Waals surface area contributed by atoms with Crippen LogP contribution in [0.25, 0.3) is 11.4 Å². The fraction of sp³-hybridized carbons (Fsp3) is 0.467. The van der Waals surface area contributed by atoms with Crippen LogP contribution in [-0.2, 0) is 0 Å². The SMILES string of the molecule is CC1CCC(C#N)C(n2nnc(-c3ccccc3)n2)C1. The van der Waals surface area contributed by atoms with Crippen LogP contribution in [0.2, 0.25) is 0 Å². The largest absolute Gasteiger partial charge is 0.204 e. The lowest BCUT2D eigenvalue weighted by molar-refractivity contribution is 0.199. The first-order chi connectivity index (χ1) is 9.78. The van der Waals surface area contributed by atoms with E-state index in [9.17, 15) is 5.26 Å². The molecule has 0 N–H and O–H groups in total. The van der Waals surface area contributed by atoms with Crippen molar-refractivity contribution in [3.8, 4) is 17.5 Å². The maximum absolute atomic E-state index is 9.29. The van der Waals surface area contributed by atoms with Gasteiger partial charge in [-0.25, -0.2) is 0 Å². The number of hydrogen-bond acceptors (Lipinski definition) is 4. The lowest BCUT2D eigenvalue weighted by atomic mass is 9.80. The molecule has 0 amide bonds. The van der Waals surface area contributed by atoms with Crippen molar-refractivity contribution in [2.75, 3.05) is 0 Å². The molecule has 3 rings (SSSR count). The van der Waals surface area contributed by atoms with Crippen LogP contribution in [0, 0.1) is 23.2 Å². The molecule has 1 aromatic carbocycles. The van der Waals surface area contributed by atoms with E-state index in [1.807, 2.05) is 30.3 Å². The molecule has 20 heavy (non-hydrogen) atoms. The lowest BCUT2D eigenvalue weighted by Crippen LogP contribution is -2.27. The summed E-state index contributed by atoms with van der Waals surface area (Å²) in [5.74, 6) is 1.22. The number of hydrogen-bond donors (Lipinski definition) is 0. The number of nitrogens with zero attached hydrogens (tertiary/aromatic N) is 5. The Labute approximate surface area is 118 Å². The van der Waals surface area contributed by atoms with Gasteiger partial charge in [0.25, 0.3) is 0 Å². The summed E-state index contributed by atoms with van der Waals surface area (Å²) in [6.45, 7) is 2.22. The zero-order chi connectivity index (χ0) is 13.9. The van der Waals surface area contributed by atoms with E-state index < -0.39 is 0 Å². The van der Waals surface area contributed by atoms with Crippen molar-refractivity contribution in [3.63, 3.8) is 0 Å². The van der Waals surface area contributed by atoms with Gasteiger partial charge in [0.1, 0.15) is 0 Å². The van der Waals surface area contributed by atoms with Gasteiger partial charge in [-0.1, -0.05) is 37.3 Å². The Morgan fingerprint density at radius 1 is 1.25 bits per heavy atom. The molecule has 1 saturated carbocycles. The molecule has 3 atom stereocenters. The molecule has 5 nitrogen and oxygen atoms in total.